The summed E-state index contributed by atoms with van der Waals surface area (Å²) in [4.78, 5) is 13.1. The van der Waals surface area contributed by atoms with Crippen LogP contribution in [0.15, 0.2) is 16.9 Å². The van der Waals surface area contributed by atoms with Crippen LogP contribution in [0.2, 0.25) is 5.15 Å². The fourth-order valence-electron chi connectivity index (χ4n) is 1.67. The largest absolute Gasteiger partial charge is 0.331 e. The molecular formula is C12H14BrClN4. The third-order valence-electron chi connectivity index (χ3n) is 2.50. The molecule has 2 rings (SSSR count). The second kappa shape index (κ2) is 5.36. The molecule has 6 heteroatoms. The van der Waals surface area contributed by atoms with Crippen LogP contribution in [-0.4, -0.2) is 19.5 Å². The lowest BCUT2D eigenvalue weighted by Gasteiger charge is -2.09. The van der Waals surface area contributed by atoms with Gasteiger partial charge in [-0.15, -0.1) is 0 Å². The predicted octanol–water partition coefficient (Wildman–Crippen LogP) is 3.49. The second-order valence-electron chi connectivity index (χ2n) is 4.56. The number of hydrogen-bond acceptors (Lipinski definition) is 3. The number of aromatic nitrogens is 4. The van der Waals surface area contributed by atoms with Crippen molar-refractivity contribution in [3.63, 3.8) is 0 Å². The van der Waals surface area contributed by atoms with E-state index in [1.54, 1.807) is 6.20 Å². The van der Waals surface area contributed by atoms with Crippen molar-refractivity contribution in [2.24, 2.45) is 13.0 Å². The lowest BCUT2D eigenvalue weighted by Crippen LogP contribution is -2.05. The van der Waals surface area contributed by atoms with Gasteiger partial charge in [-0.05, 0) is 28.3 Å². The molecule has 0 bridgehead atoms. The van der Waals surface area contributed by atoms with Gasteiger partial charge in [-0.25, -0.2) is 15.0 Å². The van der Waals surface area contributed by atoms with Crippen molar-refractivity contribution in [1.29, 1.82) is 0 Å². The monoisotopic (exact) mass is 328 g/mol. The van der Waals surface area contributed by atoms with Gasteiger partial charge in [0.25, 0.3) is 0 Å². The molecule has 0 aliphatic carbocycles. The highest BCUT2D eigenvalue weighted by atomic mass is 79.9. The third-order valence-corrected chi connectivity index (χ3v) is 3.84. The summed E-state index contributed by atoms with van der Waals surface area (Å²) in [7, 11) is 1.91. The van der Waals surface area contributed by atoms with Gasteiger partial charge < -0.3 is 4.57 Å². The third kappa shape index (κ3) is 2.72. The lowest BCUT2D eigenvalue weighted by molar-refractivity contribution is 0.632. The molecule has 0 saturated carbocycles. The number of hydrogen-bond donors (Lipinski definition) is 0. The van der Waals surface area contributed by atoms with Gasteiger partial charge in [0, 0.05) is 19.4 Å². The molecule has 0 radical (unpaired) electrons. The molecule has 0 aliphatic heterocycles. The summed E-state index contributed by atoms with van der Waals surface area (Å²) in [6, 6.07) is 0. The van der Waals surface area contributed by atoms with E-state index in [1.807, 2.05) is 17.8 Å². The van der Waals surface area contributed by atoms with Gasteiger partial charge in [0.2, 0.25) is 0 Å². The van der Waals surface area contributed by atoms with Gasteiger partial charge in [0.15, 0.2) is 11.6 Å². The first kappa shape index (κ1) is 13.5. The van der Waals surface area contributed by atoms with E-state index in [1.165, 1.54) is 0 Å². The van der Waals surface area contributed by atoms with Gasteiger partial charge in [-0.3, -0.25) is 0 Å². The van der Waals surface area contributed by atoms with Crippen LogP contribution in [0.1, 0.15) is 19.5 Å². The Bertz CT molecular complexity index is 565. The van der Waals surface area contributed by atoms with Crippen LogP contribution < -0.4 is 0 Å². The van der Waals surface area contributed by atoms with E-state index in [4.69, 9.17) is 11.6 Å². The molecule has 2 aromatic heterocycles. The first-order chi connectivity index (χ1) is 8.49. The number of imidazole rings is 1. The SMILES string of the molecule is CC(C)Cc1nc(-c2nccn2C)nc(Cl)c1Br. The van der Waals surface area contributed by atoms with Crippen molar-refractivity contribution >= 4 is 27.5 Å². The van der Waals surface area contributed by atoms with Crippen LogP contribution in [0.25, 0.3) is 11.6 Å². The normalized spacial score (nSPS) is 11.2. The Labute approximate surface area is 120 Å². The molecule has 96 valence electrons. The van der Waals surface area contributed by atoms with Gasteiger partial charge in [-0.2, -0.15) is 0 Å². The summed E-state index contributed by atoms with van der Waals surface area (Å²) in [6.07, 6.45) is 4.42. The summed E-state index contributed by atoms with van der Waals surface area (Å²) >= 11 is 9.58. The van der Waals surface area contributed by atoms with Crippen molar-refractivity contribution in [2.45, 2.75) is 20.3 Å². The van der Waals surface area contributed by atoms with E-state index < -0.39 is 0 Å². The Kier molecular flexibility index (Phi) is 4.02. The average molecular weight is 330 g/mol. The molecule has 0 unspecified atom stereocenters. The first-order valence-corrected chi connectivity index (χ1v) is 6.85. The highest BCUT2D eigenvalue weighted by Crippen LogP contribution is 2.27. The molecule has 0 aliphatic rings. The molecule has 2 aromatic rings. The van der Waals surface area contributed by atoms with Crippen LogP contribution in [0, 0.1) is 5.92 Å². The van der Waals surface area contributed by atoms with Crippen LogP contribution >= 0.6 is 27.5 Å². The maximum atomic E-state index is 6.14. The molecule has 0 spiro atoms. The standard InChI is InChI=1S/C12H14BrClN4/c1-7(2)6-8-9(13)10(14)17-11(16-8)12-15-4-5-18(12)3/h4-5,7H,6H2,1-3H3. The molecular weight excluding hydrogens is 316 g/mol. The molecule has 18 heavy (non-hydrogen) atoms. The number of rotatable bonds is 3. The van der Waals surface area contributed by atoms with E-state index in [-0.39, 0.29) is 0 Å². The van der Waals surface area contributed by atoms with Gasteiger partial charge >= 0.3 is 0 Å². The van der Waals surface area contributed by atoms with E-state index in [0.29, 0.717) is 16.9 Å². The van der Waals surface area contributed by atoms with E-state index in [2.05, 4.69) is 44.7 Å². The van der Waals surface area contributed by atoms with Gasteiger partial charge in [0.05, 0.1) is 10.2 Å². The molecule has 0 saturated heterocycles. The highest BCUT2D eigenvalue weighted by Gasteiger charge is 2.15. The fraction of sp³-hybridized carbons (Fsp3) is 0.417. The molecule has 0 amide bonds. The zero-order valence-corrected chi connectivity index (χ0v) is 12.8. The maximum Gasteiger partial charge on any atom is 0.197 e. The smallest absolute Gasteiger partial charge is 0.197 e. The summed E-state index contributed by atoms with van der Waals surface area (Å²) in [5.41, 5.74) is 0.919. The molecule has 0 aromatic carbocycles. The van der Waals surface area contributed by atoms with Gasteiger partial charge in [0.1, 0.15) is 5.15 Å². The number of nitrogens with zero attached hydrogens (tertiary/aromatic N) is 4. The quantitative estimate of drug-likeness (QED) is 0.810. The minimum atomic E-state index is 0.429. The van der Waals surface area contributed by atoms with Crippen molar-refractivity contribution in [2.75, 3.05) is 0 Å². The predicted molar refractivity (Wildman–Crippen MR) is 75.5 cm³/mol. The molecule has 2 heterocycles. The maximum absolute atomic E-state index is 6.14. The molecule has 0 fully saturated rings. The minimum Gasteiger partial charge on any atom is -0.331 e. The Morgan fingerprint density at radius 3 is 2.67 bits per heavy atom. The van der Waals surface area contributed by atoms with Crippen molar-refractivity contribution in [1.82, 2.24) is 19.5 Å². The van der Waals surface area contributed by atoms with Crippen molar-refractivity contribution in [3.8, 4) is 11.6 Å². The minimum absolute atomic E-state index is 0.429. The fourth-order valence-corrected chi connectivity index (χ4v) is 2.19. The van der Waals surface area contributed by atoms with Crippen molar-refractivity contribution < 1.29 is 0 Å². The molecule has 0 N–H and O–H groups in total. The average Bonchev–Trinajstić information content (AvgIpc) is 2.70. The number of aryl methyl sites for hydroxylation is 1. The lowest BCUT2D eigenvalue weighted by atomic mass is 10.1. The zero-order chi connectivity index (χ0) is 13.3. The van der Waals surface area contributed by atoms with Gasteiger partial charge in [-0.1, -0.05) is 25.4 Å². The van der Waals surface area contributed by atoms with Crippen molar-refractivity contribution in [3.05, 3.63) is 27.7 Å². The van der Waals surface area contributed by atoms with E-state index in [0.717, 1.165) is 22.4 Å². The van der Waals surface area contributed by atoms with Crippen LogP contribution in [0.5, 0.6) is 0 Å². The Morgan fingerprint density at radius 1 is 1.39 bits per heavy atom. The van der Waals surface area contributed by atoms with Crippen LogP contribution in [0.3, 0.4) is 0 Å². The Morgan fingerprint density at radius 2 is 2.11 bits per heavy atom. The zero-order valence-electron chi connectivity index (χ0n) is 10.5. The first-order valence-electron chi connectivity index (χ1n) is 5.68. The Balaban J connectivity index is 2.51. The topological polar surface area (TPSA) is 43.6 Å². The summed E-state index contributed by atoms with van der Waals surface area (Å²) in [5, 5.41) is 0.429. The Hall–Kier alpha value is -0.940. The van der Waals surface area contributed by atoms with Crippen LogP contribution in [0.4, 0.5) is 0 Å². The number of halogens is 2. The molecule has 4 nitrogen and oxygen atoms in total. The van der Waals surface area contributed by atoms with E-state index >= 15 is 0 Å². The summed E-state index contributed by atoms with van der Waals surface area (Å²) in [5.74, 6) is 1.78. The van der Waals surface area contributed by atoms with E-state index in [9.17, 15) is 0 Å². The second-order valence-corrected chi connectivity index (χ2v) is 5.71. The summed E-state index contributed by atoms with van der Waals surface area (Å²) < 4.78 is 2.65. The summed E-state index contributed by atoms with van der Waals surface area (Å²) in [6.45, 7) is 4.28. The van der Waals surface area contributed by atoms with Crippen LogP contribution in [-0.2, 0) is 13.5 Å². The molecule has 0 atom stereocenters. The highest BCUT2D eigenvalue weighted by molar-refractivity contribution is 9.10.